The predicted octanol–water partition coefficient (Wildman–Crippen LogP) is 0.467. The van der Waals surface area contributed by atoms with Crippen LogP contribution in [0.25, 0.3) is 0 Å². The van der Waals surface area contributed by atoms with Gasteiger partial charge in [0.2, 0.25) is 0 Å². The molecule has 0 amide bonds. The normalized spacial score (nSPS) is 25.4. The van der Waals surface area contributed by atoms with Crippen LogP contribution in [0.15, 0.2) is 12.4 Å². The van der Waals surface area contributed by atoms with E-state index in [4.69, 9.17) is 5.73 Å². The van der Waals surface area contributed by atoms with Crippen LogP contribution in [0.4, 0.5) is 0 Å². The van der Waals surface area contributed by atoms with Crippen LogP contribution in [0.3, 0.4) is 0 Å². The third kappa shape index (κ3) is 2.19. The molecular formula is C10H18N4S. The van der Waals surface area contributed by atoms with Gasteiger partial charge in [0, 0.05) is 43.5 Å². The smallest absolute Gasteiger partial charge is 0.127 e. The number of nitrogens with two attached hydrogens (primary N) is 1. The zero-order chi connectivity index (χ0) is 10.8. The van der Waals surface area contributed by atoms with Gasteiger partial charge in [-0.15, -0.1) is 0 Å². The van der Waals surface area contributed by atoms with Crippen molar-refractivity contribution in [2.24, 2.45) is 12.8 Å². The summed E-state index contributed by atoms with van der Waals surface area (Å²) in [6.45, 7) is 1.12. The van der Waals surface area contributed by atoms with Gasteiger partial charge >= 0.3 is 0 Å². The minimum atomic E-state index is 0.0165. The number of hydrogen-bond donors (Lipinski definition) is 1. The fourth-order valence-corrected chi connectivity index (χ4v) is 3.24. The molecule has 1 aliphatic heterocycles. The van der Waals surface area contributed by atoms with Crippen molar-refractivity contribution in [3.05, 3.63) is 18.2 Å². The van der Waals surface area contributed by atoms with Crippen LogP contribution in [-0.2, 0) is 7.05 Å². The molecule has 84 valence electrons. The Morgan fingerprint density at radius 1 is 1.60 bits per heavy atom. The Hall–Kier alpha value is -0.520. The molecule has 2 atom stereocenters. The third-order valence-electron chi connectivity index (χ3n) is 3.01. The molecule has 2 N–H and O–H groups in total. The lowest BCUT2D eigenvalue weighted by molar-refractivity contribution is 0.231. The van der Waals surface area contributed by atoms with Crippen LogP contribution >= 0.6 is 11.8 Å². The lowest BCUT2D eigenvalue weighted by atomic mass is 10.1. The number of imidazole rings is 1. The van der Waals surface area contributed by atoms with Gasteiger partial charge in [-0.05, 0) is 7.05 Å². The van der Waals surface area contributed by atoms with E-state index < -0.39 is 0 Å². The van der Waals surface area contributed by atoms with E-state index in [1.807, 2.05) is 35.8 Å². The molecule has 2 unspecified atom stereocenters. The van der Waals surface area contributed by atoms with E-state index in [1.165, 1.54) is 5.75 Å². The Morgan fingerprint density at radius 3 is 3.00 bits per heavy atom. The van der Waals surface area contributed by atoms with E-state index >= 15 is 0 Å². The molecular weight excluding hydrogens is 208 g/mol. The quantitative estimate of drug-likeness (QED) is 0.796. The van der Waals surface area contributed by atoms with Gasteiger partial charge in [-0.2, -0.15) is 11.8 Å². The molecule has 1 aliphatic rings. The van der Waals surface area contributed by atoms with E-state index in [-0.39, 0.29) is 6.04 Å². The van der Waals surface area contributed by atoms with Crippen LogP contribution in [0, 0.1) is 0 Å². The second kappa shape index (κ2) is 4.55. The molecule has 0 saturated carbocycles. The summed E-state index contributed by atoms with van der Waals surface area (Å²) in [5.41, 5.74) is 6.27. The topological polar surface area (TPSA) is 47.1 Å². The van der Waals surface area contributed by atoms with Crippen LogP contribution < -0.4 is 5.73 Å². The summed E-state index contributed by atoms with van der Waals surface area (Å²) in [6.07, 6.45) is 3.76. The maximum atomic E-state index is 6.27. The number of aromatic nitrogens is 2. The van der Waals surface area contributed by atoms with Crippen LogP contribution in [0.5, 0.6) is 0 Å². The largest absolute Gasteiger partial charge is 0.337 e. The number of thioether (sulfide) groups is 1. The second-order valence-electron chi connectivity index (χ2n) is 4.04. The molecule has 2 rings (SSSR count). The van der Waals surface area contributed by atoms with Crippen LogP contribution in [-0.4, -0.2) is 45.6 Å². The summed E-state index contributed by atoms with van der Waals surface area (Å²) < 4.78 is 2.01. The molecule has 0 aliphatic carbocycles. The van der Waals surface area contributed by atoms with Crippen molar-refractivity contribution in [1.82, 2.24) is 14.5 Å². The van der Waals surface area contributed by atoms with Gasteiger partial charge in [-0.3, -0.25) is 4.90 Å². The summed E-state index contributed by atoms with van der Waals surface area (Å²) in [5.74, 6) is 3.29. The Morgan fingerprint density at radius 2 is 2.40 bits per heavy atom. The SMILES string of the molecule is CN1CCSCC1C(N)c1nccn1C. The second-order valence-corrected chi connectivity index (χ2v) is 5.19. The Kier molecular flexibility index (Phi) is 3.33. The van der Waals surface area contributed by atoms with Crippen molar-refractivity contribution in [2.45, 2.75) is 12.1 Å². The van der Waals surface area contributed by atoms with Crippen LogP contribution in [0.2, 0.25) is 0 Å². The molecule has 1 saturated heterocycles. The average Bonchev–Trinajstić information content (AvgIpc) is 2.64. The molecule has 5 heteroatoms. The minimum Gasteiger partial charge on any atom is -0.337 e. The first kappa shape index (κ1) is 11.0. The molecule has 0 bridgehead atoms. The number of hydrogen-bond acceptors (Lipinski definition) is 4. The van der Waals surface area contributed by atoms with Crippen molar-refractivity contribution in [1.29, 1.82) is 0 Å². The standard InChI is InChI=1S/C10H18N4S/c1-13-5-6-15-7-8(13)9(11)10-12-3-4-14(10)2/h3-4,8-9H,5-7,11H2,1-2H3. The first-order valence-corrected chi connectivity index (χ1v) is 6.36. The molecule has 2 heterocycles. The number of likely N-dealkylation sites (N-methyl/N-ethyl adjacent to an activating group) is 1. The summed E-state index contributed by atoms with van der Waals surface area (Å²) in [5, 5.41) is 0. The molecule has 1 aromatic heterocycles. The van der Waals surface area contributed by atoms with E-state index in [0.717, 1.165) is 18.1 Å². The van der Waals surface area contributed by atoms with Crippen molar-refractivity contribution >= 4 is 11.8 Å². The Bertz CT molecular complexity index is 325. The van der Waals surface area contributed by atoms with Crippen molar-refractivity contribution in [3.8, 4) is 0 Å². The van der Waals surface area contributed by atoms with Gasteiger partial charge in [0.25, 0.3) is 0 Å². The van der Waals surface area contributed by atoms with Gasteiger partial charge in [-0.25, -0.2) is 4.98 Å². The zero-order valence-electron chi connectivity index (χ0n) is 9.26. The molecule has 4 nitrogen and oxygen atoms in total. The van der Waals surface area contributed by atoms with Crippen molar-refractivity contribution in [3.63, 3.8) is 0 Å². The number of aryl methyl sites for hydroxylation is 1. The van der Waals surface area contributed by atoms with Crippen molar-refractivity contribution < 1.29 is 0 Å². The minimum absolute atomic E-state index is 0.0165. The lowest BCUT2D eigenvalue weighted by Crippen LogP contribution is -2.46. The van der Waals surface area contributed by atoms with Crippen molar-refractivity contribution in [2.75, 3.05) is 25.1 Å². The highest BCUT2D eigenvalue weighted by Crippen LogP contribution is 2.23. The molecule has 15 heavy (non-hydrogen) atoms. The number of nitrogens with zero attached hydrogens (tertiary/aromatic N) is 3. The summed E-state index contributed by atoms with van der Waals surface area (Å²) in [4.78, 5) is 6.67. The number of rotatable bonds is 2. The first-order valence-electron chi connectivity index (χ1n) is 5.21. The maximum Gasteiger partial charge on any atom is 0.127 e. The maximum absolute atomic E-state index is 6.27. The van der Waals surface area contributed by atoms with Gasteiger partial charge in [0.1, 0.15) is 5.82 Å². The fraction of sp³-hybridized carbons (Fsp3) is 0.700. The lowest BCUT2D eigenvalue weighted by Gasteiger charge is -2.35. The summed E-state index contributed by atoms with van der Waals surface area (Å²) in [6, 6.07) is 0.424. The van der Waals surface area contributed by atoms with Gasteiger partial charge in [0.05, 0.1) is 6.04 Å². The van der Waals surface area contributed by atoms with E-state index in [1.54, 1.807) is 0 Å². The predicted molar refractivity (Wildman–Crippen MR) is 63.9 cm³/mol. The molecule has 0 radical (unpaired) electrons. The fourth-order valence-electron chi connectivity index (χ4n) is 1.95. The first-order chi connectivity index (χ1) is 7.20. The highest BCUT2D eigenvalue weighted by molar-refractivity contribution is 7.99. The highest BCUT2D eigenvalue weighted by Gasteiger charge is 2.28. The van der Waals surface area contributed by atoms with E-state index in [2.05, 4.69) is 16.9 Å². The molecule has 0 spiro atoms. The summed E-state index contributed by atoms with van der Waals surface area (Å²) >= 11 is 1.98. The Balaban J connectivity index is 2.13. The molecule has 1 fully saturated rings. The zero-order valence-corrected chi connectivity index (χ0v) is 10.1. The van der Waals surface area contributed by atoms with Crippen LogP contribution in [0.1, 0.15) is 11.9 Å². The molecule has 0 aromatic carbocycles. The molecule has 1 aromatic rings. The van der Waals surface area contributed by atoms with Gasteiger partial charge in [0.15, 0.2) is 0 Å². The monoisotopic (exact) mass is 226 g/mol. The third-order valence-corrected chi connectivity index (χ3v) is 4.06. The van der Waals surface area contributed by atoms with E-state index in [9.17, 15) is 0 Å². The Labute approximate surface area is 94.8 Å². The van der Waals surface area contributed by atoms with Gasteiger partial charge in [-0.1, -0.05) is 0 Å². The average molecular weight is 226 g/mol. The summed E-state index contributed by atoms with van der Waals surface area (Å²) in [7, 11) is 4.14. The van der Waals surface area contributed by atoms with E-state index in [0.29, 0.717) is 6.04 Å². The highest BCUT2D eigenvalue weighted by atomic mass is 32.2. The van der Waals surface area contributed by atoms with Gasteiger partial charge < -0.3 is 10.3 Å².